The second kappa shape index (κ2) is 10.4. The second-order valence-electron chi connectivity index (χ2n) is 10.2. The number of fused-ring (bicyclic) bond motifs is 2. The van der Waals surface area contributed by atoms with Gasteiger partial charge in [0.25, 0.3) is 11.8 Å². The van der Waals surface area contributed by atoms with Crippen molar-refractivity contribution in [2.45, 2.75) is 44.3 Å². The molecule has 3 atom stereocenters. The van der Waals surface area contributed by atoms with E-state index < -0.39 is 6.04 Å². The molecule has 3 N–H and O–H groups in total. The minimum Gasteiger partial charge on any atom is -0.351 e. The van der Waals surface area contributed by atoms with Crippen molar-refractivity contribution in [3.05, 3.63) is 50.6 Å². The summed E-state index contributed by atoms with van der Waals surface area (Å²) in [6.45, 7) is 1.72. The van der Waals surface area contributed by atoms with Gasteiger partial charge < -0.3 is 25.4 Å². The average Bonchev–Trinajstić information content (AvgIpc) is 3.48. The van der Waals surface area contributed by atoms with Crippen molar-refractivity contribution in [2.24, 2.45) is 5.92 Å². The predicted molar refractivity (Wildman–Crippen MR) is 144 cm³/mol. The van der Waals surface area contributed by atoms with Crippen LogP contribution < -0.4 is 10.6 Å². The molecule has 9 nitrogen and oxygen atoms in total. The maximum Gasteiger partial charge on any atom is 0.280 e. The Balaban J connectivity index is 1.34. The first kappa shape index (κ1) is 25.7. The largest absolute Gasteiger partial charge is 0.351 e. The van der Waals surface area contributed by atoms with Crippen LogP contribution in [0, 0.1) is 5.92 Å². The predicted octanol–water partition coefficient (Wildman–Crippen LogP) is 3.05. The third-order valence-corrected chi connectivity index (χ3v) is 8.53. The molecule has 1 saturated carbocycles. The minimum atomic E-state index is -0.408. The van der Waals surface area contributed by atoms with Crippen LogP contribution in [0.3, 0.4) is 0 Å². The molecule has 3 aromatic rings. The summed E-state index contributed by atoms with van der Waals surface area (Å²) >= 11 is 7.53. The maximum absolute atomic E-state index is 13.2. The van der Waals surface area contributed by atoms with Crippen LogP contribution in [-0.2, 0) is 17.8 Å². The Bertz CT molecular complexity index is 1350. The lowest BCUT2D eigenvalue weighted by molar-refractivity contribution is -0.134. The number of benzene rings is 1. The van der Waals surface area contributed by atoms with Crippen molar-refractivity contribution >= 4 is 51.6 Å². The highest BCUT2D eigenvalue weighted by molar-refractivity contribution is 7.13. The SMILES string of the molecule is CN1CCc2nc(C(=O)N[C@@H]3CC[C@@H](C(=O)N(C)C)C[C@@H]3NC(=O)c3cc4cc(Cl)ccc4[nH]3)sc2C1. The molecule has 37 heavy (non-hydrogen) atoms. The quantitative estimate of drug-likeness (QED) is 0.459. The number of aromatic nitrogens is 2. The van der Waals surface area contributed by atoms with Crippen LogP contribution >= 0.6 is 22.9 Å². The summed E-state index contributed by atoms with van der Waals surface area (Å²) in [5, 5.41) is 8.08. The van der Waals surface area contributed by atoms with Crippen molar-refractivity contribution in [3.8, 4) is 0 Å². The average molecular weight is 543 g/mol. The Hall–Kier alpha value is -2.95. The highest BCUT2D eigenvalue weighted by atomic mass is 35.5. The van der Waals surface area contributed by atoms with Gasteiger partial charge in [-0.3, -0.25) is 14.4 Å². The molecule has 0 bridgehead atoms. The molecule has 1 aliphatic heterocycles. The summed E-state index contributed by atoms with van der Waals surface area (Å²) in [6, 6.07) is 6.42. The molecule has 0 unspecified atom stereocenters. The molecule has 0 spiro atoms. The summed E-state index contributed by atoms with van der Waals surface area (Å²) in [6.07, 6.45) is 2.50. The zero-order valence-corrected chi connectivity index (χ0v) is 22.7. The molecule has 3 amide bonds. The number of hydrogen-bond acceptors (Lipinski definition) is 6. The van der Waals surface area contributed by atoms with Crippen LogP contribution in [0.2, 0.25) is 5.02 Å². The van der Waals surface area contributed by atoms with E-state index in [9.17, 15) is 14.4 Å². The number of halogens is 1. The lowest BCUT2D eigenvalue weighted by Gasteiger charge is -2.37. The molecule has 3 heterocycles. The molecule has 0 radical (unpaired) electrons. The Kier molecular flexibility index (Phi) is 7.24. The van der Waals surface area contributed by atoms with Gasteiger partial charge in [0.15, 0.2) is 5.01 Å². The van der Waals surface area contributed by atoms with Crippen molar-refractivity contribution in [1.29, 1.82) is 0 Å². The number of rotatable bonds is 5. The fraction of sp³-hybridized carbons (Fsp3) is 0.462. The van der Waals surface area contributed by atoms with Crippen LogP contribution in [0.25, 0.3) is 10.9 Å². The summed E-state index contributed by atoms with van der Waals surface area (Å²) in [4.78, 5) is 51.8. The number of nitrogens with one attached hydrogen (secondary N) is 3. The van der Waals surface area contributed by atoms with Crippen LogP contribution in [-0.4, -0.2) is 77.3 Å². The van der Waals surface area contributed by atoms with E-state index in [4.69, 9.17) is 11.6 Å². The normalized spacial score (nSPS) is 21.9. The number of thiazole rings is 1. The van der Waals surface area contributed by atoms with Gasteiger partial charge in [0, 0.05) is 66.4 Å². The molecule has 2 aliphatic rings. The first-order valence-corrected chi connectivity index (χ1v) is 13.7. The summed E-state index contributed by atoms with van der Waals surface area (Å²) in [7, 11) is 5.53. The zero-order chi connectivity index (χ0) is 26.3. The number of likely N-dealkylation sites (N-methyl/N-ethyl adjacent to an activating group) is 1. The van der Waals surface area contributed by atoms with Crippen molar-refractivity contribution < 1.29 is 14.4 Å². The van der Waals surface area contributed by atoms with Crippen molar-refractivity contribution in [3.63, 3.8) is 0 Å². The van der Waals surface area contributed by atoms with Crippen LogP contribution in [0.5, 0.6) is 0 Å². The molecule has 0 saturated heterocycles. The Morgan fingerprint density at radius 3 is 2.70 bits per heavy atom. The monoisotopic (exact) mass is 542 g/mol. The first-order valence-electron chi connectivity index (χ1n) is 12.5. The topological polar surface area (TPSA) is 110 Å². The van der Waals surface area contributed by atoms with Gasteiger partial charge in [0.05, 0.1) is 11.7 Å². The van der Waals surface area contributed by atoms with E-state index in [1.54, 1.807) is 37.2 Å². The molecule has 5 rings (SSSR count). The summed E-state index contributed by atoms with van der Waals surface area (Å²) in [5.41, 5.74) is 2.21. The Morgan fingerprint density at radius 1 is 1.14 bits per heavy atom. The van der Waals surface area contributed by atoms with E-state index in [-0.39, 0.29) is 29.7 Å². The van der Waals surface area contributed by atoms with Crippen molar-refractivity contribution in [1.82, 2.24) is 30.4 Å². The third kappa shape index (κ3) is 5.51. The number of H-pyrrole nitrogens is 1. The molecule has 1 aromatic carbocycles. The van der Waals surface area contributed by atoms with Gasteiger partial charge in [-0.05, 0) is 50.6 Å². The van der Waals surface area contributed by atoms with Gasteiger partial charge in [-0.15, -0.1) is 11.3 Å². The Morgan fingerprint density at radius 2 is 1.92 bits per heavy atom. The highest BCUT2D eigenvalue weighted by Crippen LogP contribution is 2.29. The van der Waals surface area contributed by atoms with Crippen LogP contribution in [0.15, 0.2) is 24.3 Å². The number of amides is 3. The Labute approximate surface area is 224 Å². The number of nitrogens with zero attached hydrogens (tertiary/aromatic N) is 3. The van der Waals surface area contributed by atoms with Crippen LogP contribution in [0.1, 0.15) is 50.1 Å². The maximum atomic E-state index is 13.2. The number of carbonyl (C=O) groups excluding carboxylic acids is 3. The molecule has 196 valence electrons. The highest BCUT2D eigenvalue weighted by Gasteiger charge is 2.37. The van der Waals surface area contributed by atoms with Crippen LogP contribution in [0.4, 0.5) is 0 Å². The lowest BCUT2D eigenvalue weighted by Crippen LogP contribution is -2.56. The fourth-order valence-corrected chi connectivity index (χ4v) is 6.49. The van der Waals surface area contributed by atoms with E-state index in [2.05, 4.69) is 32.5 Å². The molecule has 2 aromatic heterocycles. The van der Waals surface area contributed by atoms with E-state index >= 15 is 0 Å². The van der Waals surface area contributed by atoms with Gasteiger partial charge in [-0.25, -0.2) is 4.98 Å². The van der Waals surface area contributed by atoms with Gasteiger partial charge in [-0.2, -0.15) is 0 Å². The first-order chi connectivity index (χ1) is 17.7. The lowest BCUT2D eigenvalue weighted by atomic mass is 9.81. The second-order valence-corrected chi connectivity index (χ2v) is 11.7. The molecule has 1 fully saturated rings. The van der Waals surface area contributed by atoms with E-state index in [0.29, 0.717) is 35.0 Å². The van der Waals surface area contributed by atoms with E-state index in [1.165, 1.54) is 11.3 Å². The summed E-state index contributed by atoms with van der Waals surface area (Å²) in [5.74, 6) is -0.718. The zero-order valence-electron chi connectivity index (χ0n) is 21.1. The number of aromatic amines is 1. The molecule has 11 heteroatoms. The smallest absolute Gasteiger partial charge is 0.280 e. The standard InChI is InChI=1S/C26H31ClN6O3S/c1-32(2)26(36)14-4-6-18(29-24(35)25-31-19-8-9-33(3)13-22(19)37-25)20(11-14)30-23(34)21-12-15-10-16(27)5-7-17(15)28-21/h5,7,10,12,14,18,20,28H,4,6,8-9,11,13H2,1-3H3,(H,29,35)(H,30,34)/t14-,18-,20+/m1/s1. The third-order valence-electron chi connectivity index (χ3n) is 7.22. The number of carbonyl (C=O) groups is 3. The molecular weight excluding hydrogens is 512 g/mol. The molecule has 1 aliphatic carbocycles. The van der Waals surface area contributed by atoms with Gasteiger partial charge in [0.2, 0.25) is 5.91 Å². The van der Waals surface area contributed by atoms with Gasteiger partial charge in [-0.1, -0.05) is 11.6 Å². The fourth-order valence-electron chi connectivity index (χ4n) is 5.21. The van der Waals surface area contributed by atoms with Gasteiger partial charge in [0.1, 0.15) is 5.69 Å². The summed E-state index contributed by atoms with van der Waals surface area (Å²) < 4.78 is 0. The van der Waals surface area contributed by atoms with E-state index in [0.717, 1.165) is 41.0 Å². The van der Waals surface area contributed by atoms with Crippen molar-refractivity contribution in [2.75, 3.05) is 27.7 Å². The van der Waals surface area contributed by atoms with Gasteiger partial charge >= 0.3 is 0 Å². The number of hydrogen-bond donors (Lipinski definition) is 3. The van der Waals surface area contributed by atoms with E-state index in [1.807, 2.05) is 6.07 Å². The molecular formula is C26H31ClN6O3S. The minimum absolute atomic E-state index is 0.0287.